The van der Waals surface area contributed by atoms with Crippen LogP contribution in [-0.4, -0.2) is 46.1 Å². The summed E-state index contributed by atoms with van der Waals surface area (Å²) in [5.41, 5.74) is 0.971. The first-order valence-corrected chi connectivity index (χ1v) is 8.05. The van der Waals surface area contributed by atoms with Crippen molar-refractivity contribution in [3.8, 4) is 11.4 Å². The Balaban J connectivity index is 1.78. The molecule has 26 heavy (non-hydrogen) atoms. The molecule has 0 saturated heterocycles. The molecule has 0 radical (unpaired) electrons. The summed E-state index contributed by atoms with van der Waals surface area (Å²) >= 11 is 0.967. The minimum Gasteiger partial charge on any atom is -0.293 e. The minimum absolute atomic E-state index is 0.0651. The average molecular weight is 378 g/mol. The lowest BCUT2D eigenvalue weighted by atomic mass is 10.2. The molecule has 132 valence electrons. The van der Waals surface area contributed by atoms with Gasteiger partial charge in [-0.15, -0.1) is 10.2 Å². The number of rotatable bonds is 4. The summed E-state index contributed by atoms with van der Waals surface area (Å²) in [5.74, 6) is 0.102. The number of fused-ring (bicyclic) bond motifs is 1. The Bertz CT molecular complexity index is 1040. The van der Waals surface area contributed by atoms with Crippen molar-refractivity contribution in [3.05, 3.63) is 37.1 Å². The van der Waals surface area contributed by atoms with Crippen molar-refractivity contribution in [1.29, 1.82) is 0 Å². The molecular formula is C14H9F3N8S. The van der Waals surface area contributed by atoms with E-state index in [2.05, 4.69) is 35.3 Å². The molecule has 4 heterocycles. The van der Waals surface area contributed by atoms with Crippen molar-refractivity contribution in [2.45, 2.75) is 22.9 Å². The Morgan fingerprint density at radius 1 is 1.12 bits per heavy atom. The van der Waals surface area contributed by atoms with E-state index >= 15 is 0 Å². The molecule has 4 aromatic rings. The van der Waals surface area contributed by atoms with Gasteiger partial charge in [-0.1, -0.05) is 0 Å². The second kappa shape index (κ2) is 6.37. The van der Waals surface area contributed by atoms with Gasteiger partial charge in [0.05, 0.1) is 11.6 Å². The van der Waals surface area contributed by atoms with Crippen LogP contribution in [0.25, 0.3) is 22.4 Å². The van der Waals surface area contributed by atoms with Crippen LogP contribution in [0.2, 0.25) is 0 Å². The van der Waals surface area contributed by atoms with Crippen LogP contribution < -0.4 is 0 Å². The predicted molar refractivity (Wildman–Crippen MR) is 85.1 cm³/mol. The molecule has 4 aromatic heterocycles. The standard InChI is InChI=1S/C14H9F3N8S/c15-14(16,17)6-25-11(8-1-3-18-4-2-8)23-24-13(25)26-12-9-5-21-22-10(9)19-7-20-12/h1-5,7H,6H2,(H,19,20,21,22). The van der Waals surface area contributed by atoms with Crippen LogP contribution >= 0.6 is 11.8 Å². The molecule has 0 bridgehead atoms. The Labute approximate surface area is 147 Å². The van der Waals surface area contributed by atoms with Gasteiger partial charge >= 0.3 is 6.18 Å². The van der Waals surface area contributed by atoms with Crippen molar-refractivity contribution in [2.75, 3.05) is 0 Å². The predicted octanol–water partition coefficient (Wildman–Crippen LogP) is 2.72. The molecule has 0 aliphatic carbocycles. The molecule has 0 aliphatic heterocycles. The normalized spacial score (nSPS) is 12.0. The van der Waals surface area contributed by atoms with Crippen molar-refractivity contribution in [2.24, 2.45) is 0 Å². The molecule has 0 aromatic carbocycles. The monoisotopic (exact) mass is 378 g/mol. The summed E-state index contributed by atoms with van der Waals surface area (Å²) < 4.78 is 40.3. The van der Waals surface area contributed by atoms with Gasteiger partial charge in [0.15, 0.2) is 16.6 Å². The highest BCUT2D eigenvalue weighted by atomic mass is 32.2. The molecule has 1 N–H and O–H groups in total. The summed E-state index contributed by atoms with van der Waals surface area (Å²) in [7, 11) is 0. The summed E-state index contributed by atoms with van der Waals surface area (Å²) in [6.07, 6.45) is 1.33. The Kier molecular flexibility index (Phi) is 4.03. The summed E-state index contributed by atoms with van der Waals surface area (Å²) in [4.78, 5) is 12.0. The number of nitrogens with zero attached hydrogens (tertiary/aromatic N) is 7. The summed E-state index contributed by atoms with van der Waals surface area (Å²) in [6.45, 7) is -1.22. The third kappa shape index (κ3) is 3.22. The highest BCUT2D eigenvalue weighted by molar-refractivity contribution is 7.99. The lowest BCUT2D eigenvalue weighted by Gasteiger charge is -2.12. The molecule has 0 unspecified atom stereocenters. The maximum atomic E-state index is 13.1. The van der Waals surface area contributed by atoms with Gasteiger partial charge in [-0.3, -0.25) is 14.6 Å². The molecular weight excluding hydrogens is 369 g/mol. The van der Waals surface area contributed by atoms with Crippen LogP contribution in [0, 0.1) is 0 Å². The number of hydrogen-bond acceptors (Lipinski definition) is 7. The third-order valence-corrected chi connectivity index (χ3v) is 4.40. The highest BCUT2D eigenvalue weighted by Crippen LogP contribution is 2.33. The zero-order chi connectivity index (χ0) is 18.1. The fraction of sp³-hybridized carbons (Fsp3) is 0.143. The van der Waals surface area contributed by atoms with Crippen LogP contribution in [0.5, 0.6) is 0 Å². The van der Waals surface area contributed by atoms with Gasteiger partial charge in [0.25, 0.3) is 0 Å². The van der Waals surface area contributed by atoms with E-state index in [9.17, 15) is 13.2 Å². The van der Waals surface area contributed by atoms with Gasteiger partial charge in [-0.25, -0.2) is 9.97 Å². The van der Waals surface area contributed by atoms with Gasteiger partial charge in [0, 0.05) is 18.0 Å². The average Bonchev–Trinajstić information content (AvgIpc) is 3.23. The number of aromatic nitrogens is 8. The topological polar surface area (TPSA) is 98.1 Å². The maximum Gasteiger partial charge on any atom is 0.406 e. The molecule has 0 fully saturated rings. The number of pyridine rings is 1. The quantitative estimate of drug-likeness (QED) is 0.545. The summed E-state index contributed by atoms with van der Waals surface area (Å²) in [5, 5.41) is 15.5. The molecule has 0 spiro atoms. The fourth-order valence-electron chi connectivity index (χ4n) is 2.31. The van der Waals surface area contributed by atoms with E-state index in [4.69, 9.17) is 0 Å². The van der Waals surface area contributed by atoms with E-state index in [-0.39, 0.29) is 11.0 Å². The number of aromatic amines is 1. The molecule has 0 amide bonds. The van der Waals surface area contributed by atoms with Gasteiger partial charge in [0.2, 0.25) is 0 Å². The summed E-state index contributed by atoms with van der Waals surface area (Å²) in [6, 6.07) is 3.15. The lowest BCUT2D eigenvalue weighted by molar-refractivity contribution is -0.141. The molecule has 8 nitrogen and oxygen atoms in total. The molecule has 4 rings (SSSR count). The Morgan fingerprint density at radius 3 is 2.69 bits per heavy atom. The largest absolute Gasteiger partial charge is 0.406 e. The van der Waals surface area contributed by atoms with E-state index < -0.39 is 12.7 Å². The number of nitrogens with one attached hydrogen (secondary N) is 1. The van der Waals surface area contributed by atoms with Crippen LogP contribution in [0.15, 0.2) is 47.2 Å². The molecule has 0 atom stereocenters. The fourth-order valence-corrected chi connectivity index (χ4v) is 3.19. The molecule has 0 saturated carbocycles. The zero-order valence-corrected chi connectivity index (χ0v) is 13.7. The van der Waals surface area contributed by atoms with Crippen LogP contribution in [0.4, 0.5) is 13.2 Å². The highest BCUT2D eigenvalue weighted by Gasteiger charge is 2.32. The number of hydrogen-bond donors (Lipinski definition) is 1. The van der Waals surface area contributed by atoms with Gasteiger partial charge in [-0.05, 0) is 23.9 Å². The number of alkyl halides is 3. The second-order valence-corrected chi connectivity index (χ2v) is 6.11. The number of halogens is 3. The van der Waals surface area contributed by atoms with Gasteiger partial charge in [-0.2, -0.15) is 18.3 Å². The van der Waals surface area contributed by atoms with Gasteiger partial charge in [0.1, 0.15) is 17.9 Å². The lowest BCUT2D eigenvalue weighted by Crippen LogP contribution is -2.19. The van der Waals surface area contributed by atoms with Crippen molar-refractivity contribution >= 4 is 22.8 Å². The Hall–Kier alpha value is -3.02. The van der Waals surface area contributed by atoms with E-state index in [1.54, 1.807) is 12.1 Å². The Morgan fingerprint density at radius 2 is 1.92 bits per heavy atom. The number of H-pyrrole nitrogens is 1. The molecule has 12 heteroatoms. The molecule has 0 aliphatic rings. The van der Waals surface area contributed by atoms with Gasteiger partial charge < -0.3 is 0 Å². The van der Waals surface area contributed by atoms with Crippen molar-refractivity contribution in [3.63, 3.8) is 0 Å². The first-order valence-electron chi connectivity index (χ1n) is 7.23. The van der Waals surface area contributed by atoms with E-state index in [1.165, 1.54) is 24.9 Å². The first-order chi connectivity index (χ1) is 12.5. The SMILES string of the molecule is FC(F)(F)Cn1c(Sc2ncnc3[nH]ncc23)nnc1-c1ccncc1. The van der Waals surface area contributed by atoms with Crippen molar-refractivity contribution in [1.82, 2.24) is 39.9 Å². The van der Waals surface area contributed by atoms with Crippen LogP contribution in [-0.2, 0) is 6.54 Å². The smallest absolute Gasteiger partial charge is 0.293 e. The van der Waals surface area contributed by atoms with E-state index in [1.807, 2.05) is 0 Å². The second-order valence-electron chi connectivity index (χ2n) is 5.16. The van der Waals surface area contributed by atoms with Crippen LogP contribution in [0.1, 0.15) is 0 Å². The van der Waals surface area contributed by atoms with E-state index in [0.717, 1.165) is 16.3 Å². The maximum absolute atomic E-state index is 13.1. The first kappa shape index (κ1) is 16.4. The minimum atomic E-state index is -4.43. The zero-order valence-electron chi connectivity index (χ0n) is 12.8. The van der Waals surface area contributed by atoms with Crippen LogP contribution in [0.3, 0.4) is 0 Å². The van der Waals surface area contributed by atoms with E-state index in [0.29, 0.717) is 21.6 Å². The van der Waals surface area contributed by atoms with Crippen molar-refractivity contribution < 1.29 is 13.2 Å². The third-order valence-electron chi connectivity index (χ3n) is 3.39.